The predicted octanol–water partition coefficient (Wildman–Crippen LogP) is 3.17. The first-order chi connectivity index (χ1) is 8.95. The third-order valence-corrected chi connectivity index (χ3v) is 5.56. The van der Waals surface area contributed by atoms with Gasteiger partial charge in [-0.3, -0.25) is 4.90 Å². The highest BCUT2D eigenvalue weighted by molar-refractivity contribution is 4.91. The quantitative estimate of drug-likeness (QED) is 0.757. The second kappa shape index (κ2) is 6.38. The number of hydrogen-bond donors (Lipinski definition) is 1. The van der Waals surface area contributed by atoms with E-state index in [-0.39, 0.29) is 0 Å². The van der Waals surface area contributed by atoms with Crippen molar-refractivity contribution in [3.8, 4) is 0 Å². The lowest BCUT2D eigenvalue weighted by molar-refractivity contribution is 0.107. The topological polar surface area (TPSA) is 15.3 Å². The summed E-state index contributed by atoms with van der Waals surface area (Å²) >= 11 is 0. The molecule has 0 radical (unpaired) electrons. The van der Waals surface area contributed by atoms with Crippen LogP contribution in [0.1, 0.15) is 64.2 Å². The number of rotatable bonds is 2. The van der Waals surface area contributed by atoms with E-state index in [2.05, 4.69) is 10.2 Å². The number of nitrogens with zero attached hydrogens (tertiary/aromatic N) is 1. The van der Waals surface area contributed by atoms with Crippen molar-refractivity contribution >= 4 is 0 Å². The van der Waals surface area contributed by atoms with Gasteiger partial charge in [-0.2, -0.15) is 0 Å². The number of hydrogen-bond acceptors (Lipinski definition) is 2. The molecule has 1 saturated carbocycles. The maximum absolute atomic E-state index is 3.52. The highest BCUT2D eigenvalue weighted by Crippen LogP contribution is 2.34. The molecule has 0 spiro atoms. The summed E-state index contributed by atoms with van der Waals surface area (Å²) in [5.41, 5.74) is 0. The molecule has 2 saturated heterocycles. The maximum Gasteiger partial charge on any atom is 0.0128 e. The van der Waals surface area contributed by atoms with E-state index in [1.807, 2.05) is 0 Å². The van der Waals surface area contributed by atoms with Gasteiger partial charge in [0.1, 0.15) is 0 Å². The Bertz CT molecular complexity index is 239. The Labute approximate surface area is 113 Å². The van der Waals surface area contributed by atoms with Crippen molar-refractivity contribution in [2.24, 2.45) is 5.92 Å². The lowest BCUT2D eigenvalue weighted by Crippen LogP contribution is -2.45. The zero-order valence-corrected chi connectivity index (χ0v) is 11.9. The van der Waals surface area contributed by atoms with Crippen molar-refractivity contribution in [2.45, 2.75) is 76.3 Å². The van der Waals surface area contributed by atoms with Crippen molar-refractivity contribution in [1.29, 1.82) is 0 Å². The second-order valence-electron chi connectivity index (χ2n) is 6.68. The highest BCUT2D eigenvalue weighted by atomic mass is 15.2. The molecule has 1 N–H and O–H groups in total. The van der Waals surface area contributed by atoms with E-state index < -0.39 is 0 Å². The molecule has 1 atom stereocenters. The summed E-state index contributed by atoms with van der Waals surface area (Å²) < 4.78 is 0. The average Bonchev–Trinajstić information content (AvgIpc) is 2.75. The van der Waals surface area contributed by atoms with Crippen LogP contribution in [0.5, 0.6) is 0 Å². The number of nitrogens with one attached hydrogen (secondary N) is 1. The Morgan fingerprint density at radius 3 is 2.17 bits per heavy atom. The third kappa shape index (κ3) is 2.91. The van der Waals surface area contributed by atoms with E-state index in [1.165, 1.54) is 83.8 Å². The van der Waals surface area contributed by atoms with E-state index in [4.69, 9.17) is 0 Å². The second-order valence-corrected chi connectivity index (χ2v) is 6.68. The zero-order valence-electron chi connectivity index (χ0n) is 11.9. The normalized spacial score (nSPS) is 33.7. The first kappa shape index (κ1) is 12.9. The summed E-state index contributed by atoms with van der Waals surface area (Å²) in [4.78, 5) is 2.95. The summed E-state index contributed by atoms with van der Waals surface area (Å²) in [7, 11) is 0. The molecule has 1 aliphatic carbocycles. The predicted molar refractivity (Wildman–Crippen MR) is 76.8 cm³/mol. The Morgan fingerprint density at radius 2 is 1.44 bits per heavy atom. The van der Waals surface area contributed by atoms with E-state index in [0.29, 0.717) is 0 Å². The minimum atomic E-state index is 0.940. The first-order valence-electron chi connectivity index (χ1n) is 8.41. The summed E-state index contributed by atoms with van der Waals surface area (Å²) in [6.07, 6.45) is 14.7. The van der Waals surface area contributed by atoms with Crippen LogP contribution in [0.15, 0.2) is 0 Å². The third-order valence-electron chi connectivity index (χ3n) is 5.56. The molecule has 2 nitrogen and oxygen atoms in total. The van der Waals surface area contributed by atoms with Crippen LogP contribution in [0.2, 0.25) is 0 Å². The van der Waals surface area contributed by atoms with Crippen LogP contribution in [0.25, 0.3) is 0 Å². The number of likely N-dealkylation sites (tertiary alicyclic amines) is 1. The molecule has 3 fully saturated rings. The van der Waals surface area contributed by atoms with Gasteiger partial charge in [0.25, 0.3) is 0 Å². The molecular weight excluding hydrogens is 220 g/mol. The summed E-state index contributed by atoms with van der Waals surface area (Å²) in [5.74, 6) is 0.997. The molecule has 0 aromatic carbocycles. The highest BCUT2D eigenvalue weighted by Gasteiger charge is 2.35. The number of piperidine rings is 1. The molecule has 0 bridgehead atoms. The van der Waals surface area contributed by atoms with Gasteiger partial charge in [-0.25, -0.2) is 0 Å². The van der Waals surface area contributed by atoms with Crippen LogP contribution >= 0.6 is 0 Å². The van der Waals surface area contributed by atoms with Crippen molar-refractivity contribution in [2.75, 3.05) is 19.6 Å². The molecule has 2 aliphatic heterocycles. The van der Waals surface area contributed by atoms with Crippen LogP contribution in [-0.2, 0) is 0 Å². The SMILES string of the molecule is C1CCCC(N2CCCC2C2CCNCC2)CC1. The molecule has 0 amide bonds. The summed E-state index contributed by atoms with van der Waals surface area (Å²) in [6.45, 7) is 3.93. The van der Waals surface area contributed by atoms with Crippen molar-refractivity contribution in [3.05, 3.63) is 0 Å². The summed E-state index contributed by atoms with van der Waals surface area (Å²) in [5, 5.41) is 3.52. The van der Waals surface area contributed by atoms with Crippen molar-refractivity contribution in [3.63, 3.8) is 0 Å². The van der Waals surface area contributed by atoms with Crippen LogP contribution in [-0.4, -0.2) is 36.6 Å². The summed E-state index contributed by atoms with van der Waals surface area (Å²) in [6, 6.07) is 1.88. The molecule has 3 rings (SSSR count). The van der Waals surface area contributed by atoms with Gasteiger partial charge in [0.15, 0.2) is 0 Å². The fourth-order valence-electron chi connectivity index (χ4n) is 4.59. The first-order valence-corrected chi connectivity index (χ1v) is 8.41. The van der Waals surface area contributed by atoms with Gasteiger partial charge in [-0.15, -0.1) is 0 Å². The van der Waals surface area contributed by atoms with Gasteiger partial charge in [-0.1, -0.05) is 25.7 Å². The average molecular weight is 250 g/mol. The molecule has 18 heavy (non-hydrogen) atoms. The van der Waals surface area contributed by atoms with Gasteiger partial charge < -0.3 is 5.32 Å². The Balaban J connectivity index is 1.62. The fourth-order valence-corrected chi connectivity index (χ4v) is 4.59. The molecule has 1 unspecified atom stereocenters. The van der Waals surface area contributed by atoms with E-state index in [0.717, 1.165) is 18.0 Å². The van der Waals surface area contributed by atoms with Crippen LogP contribution < -0.4 is 5.32 Å². The smallest absolute Gasteiger partial charge is 0.0128 e. The lowest BCUT2D eigenvalue weighted by atomic mass is 9.87. The molecule has 0 aromatic heterocycles. The Hall–Kier alpha value is -0.0800. The minimum absolute atomic E-state index is 0.940. The largest absolute Gasteiger partial charge is 0.317 e. The van der Waals surface area contributed by atoms with Crippen LogP contribution in [0.4, 0.5) is 0 Å². The van der Waals surface area contributed by atoms with Gasteiger partial charge >= 0.3 is 0 Å². The van der Waals surface area contributed by atoms with Gasteiger partial charge in [0, 0.05) is 12.1 Å². The van der Waals surface area contributed by atoms with Crippen LogP contribution in [0, 0.1) is 5.92 Å². The standard InChI is InChI=1S/C16H30N2/c1-2-4-7-15(6-3-1)18-13-5-8-16(18)14-9-11-17-12-10-14/h14-17H,1-13H2. The molecule has 0 aromatic rings. The molecule has 3 aliphatic rings. The van der Waals surface area contributed by atoms with Crippen molar-refractivity contribution in [1.82, 2.24) is 10.2 Å². The van der Waals surface area contributed by atoms with E-state index >= 15 is 0 Å². The van der Waals surface area contributed by atoms with Crippen molar-refractivity contribution < 1.29 is 0 Å². The van der Waals surface area contributed by atoms with Gasteiger partial charge in [0.05, 0.1) is 0 Å². The molecule has 2 heteroatoms. The fraction of sp³-hybridized carbons (Fsp3) is 1.00. The zero-order chi connectivity index (χ0) is 12.2. The maximum atomic E-state index is 3.52. The van der Waals surface area contributed by atoms with E-state index in [9.17, 15) is 0 Å². The molecular formula is C16H30N2. The van der Waals surface area contributed by atoms with Crippen LogP contribution in [0.3, 0.4) is 0 Å². The molecule has 104 valence electrons. The van der Waals surface area contributed by atoms with Gasteiger partial charge in [-0.05, 0) is 64.1 Å². The van der Waals surface area contributed by atoms with Gasteiger partial charge in [0.2, 0.25) is 0 Å². The minimum Gasteiger partial charge on any atom is -0.317 e. The van der Waals surface area contributed by atoms with E-state index in [1.54, 1.807) is 0 Å². The Kier molecular flexibility index (Phi) is 4.58. The Morgan fingerprint density at radius 1 is 0.722 bits per heavy atom. The molecule has 2 heterocycles. The lowest BCUT2D eigenvalue weighted by Gasteiger charge is -2.38. The monoisotopic (exact) mass is 250 g/mol.